The lowest BCUT2D eigenvalue weighted by molar-refractivity contribution is -0.155. The second-order valence-electron chi connectivity index (χ2n) is 10.6. The number of halogens is 1. The molecule has 1 amide bonds. The standard InChI is InChI=1S/C31H27BrN4O3/c1-31(2,3)39-27(38)13-12-26(37)34-18-9-10-21-22(15-18)19-6-4-5-7-20(19)28-29(21)36-30(35-28)24-16-33-25-11-8-17(32)14-23(24)25/h4-11,14-16,33H,12-13H2,1-3H3,(H,34,37)(H,35,36). The van der Waals surface area contributed by atoms with Crippen LogP contribution in [0, 0.1) is 0 Å². The summed E-state index contributed by atoms with van der Waals surface area (Å²) >= 11 is 3.58. The van der Waals surface area contributed by atoms with E-state index in [0.717, 1.165) is 59.3 Å². The SMILES string of the molecule is CC(C)(C)OC(=O)CCC(=O)Nc1ccc2c(c1)c1ccccc1c1[nH]c(-c3c[nH]c4ccc(Br)cc34)nc21. The van der Waals surface area contributed by atoms with Gasteiger partial charge in [0.05, 0.1) is 17.5 Å². The lowest BCUT2D eigenvalue weighted by Crippen LogP contribution is -2.24. The summed E-state index contributed by atoms with van der Waals surface area (Å²) in [5.41, 5.74) is 3.95. The number of hydrogen-bond acceptors (Lipinski definition) is 4. The Morgan fingerprint density at radius 2 is 1.72 bits per heavy atom. The average Bonchev–Trinajstić information content (AvgIpc) is 3.51. The van der Waals surface area contributed by atoms with Gasteiger partial charge in [-0.3, -0.25) is 9.59 Å². The van der Waals surface area contributed by atoms with Gasteiger partial charge in [-0.15, -0.1) is 0 Å². The van der Waals surface area contributed by atoms with E-state index >= 15 is 0 Å². The van der Waals surface area contributed by atoms with Gasteiger partial charge in [0.25, 0.3) is 0 Å². The zero-order valence-corrected chi connectivity index (χ0v) is 23.4. The van der Waals surface area contributed by atoms with Crippen molar-refractivity contribution in [3.05, 3.63) is 71.3 Å². The molecule has 0 radical (unpaired) electrons. The molecule has 39 heavy (non-hydrogen) atoms. The van der Waals surface area contributed by atoms with Crippen LogP contribution in [-0.4, -0.2) is 32.4 Å². The molecular formula is C31H27BrN4O3. The normalized spacial score (nSPS) is 12.0. The van der Waals surface area contributed by atoms with Crippen LogP contribution in [0.25, 0.3) is 54.9 Å². The summed E-state index contributed by atoms with van der Waals surface area (Å²) in [6.45, 7) is 5.43. The van der Waals surface area contributed by atoms with Crippen LogP contribution in [0.2, 0.25) is 0 Å². The van der Waals surface area contributed by atoms with Gasteiger partial charge in [-0.05, 0) is 61.9 Å². The van der Waals surface area contributed by atoms with Gasteiger partial charge >= 0.3 is 5.97 Å². The molecule has 0 fully saturated rings. The minimum atomic E-state index is -0.574. The van der Waals surface area contributed by atoms with Crippen molar-refractivity contribution in [2.45, 2.75) is 39.2 Å². The smallest absolute Gasteiger partial charge is 0.306 e. The van der Waals surface area contributed by atoms with Gasteiger partial charge in [0.15, 0.2) is 0 Å². The summed E-state index contributed by atoms with van der Waals surface area (Å²) in [6, 6.07) is 20.2. The first-order chi connectivity index (χ1) is 18.7. The molecule has 2 heterocycles. The zero-order valence-electron chi connectivity index (χ0n) is 21.8. The molecule has 0 aliphatic rings. The Balaban J connectivity index is 1.38. The van der Waals surface area contributed by atoms with Crippen LogP contribution in [0.5, 0.6) is 0 Å². The Morgan fingerprint density at radius 3 is 2.51 bits per heavy atom. The third-order valence-corrected chi connectivity index (χ3v) is 7.12. The van der Waals surface area contributed by atoms with Gasteiger partial charge in [-0.2, -0.15) is 0 Å². The average molecular weight is 583 g/mol. The number of carbonyl (C=O) groups excluding carboxylic acids is 2. The van der Waals surface area contributed by atoms with Crippen molar-refractivity contribution in [3.8, 4) is 11.4 Å². The lowest BCUT2D eigenvalue weighted by atomic mass is 9.99. The molecule has 0 saturated heterocycles. The number of rotatable bonds is 5. The second-order valence-corrected chi connectivity index (χ2v) is 11.6. The molecule has 6 rings (SSSR count). The number of benzene rings is 4. The van der Waals surface area contributed by atoms with Crippen molar-refractivity contribution in [3.63, 3.8) is 0 Å². The molecule has 4 aromatic carbocycles. The van der Waals surface area contributed by atoms with Gasteiger partial charge in [0.1, 0.15) is 11.4 Å². The highest BCUT2D eigenvalue weighted by molar-refractivity contribution is 9.10. The van der Waals surface area contributed by atoms with E-state index in [0.29, 0.717) is 5.69 Å². The summed E-state index contributed by atoms with van der Waals surface area (Å²) in [7, 11) is 0. The fourth-order valence-corrected chi connectivity index (χ4v) is 5.36. The number of fused-ring (bicyclic) bond motifs is 7. The van der Waals surface area contributed by atoms with Crippen molar-refractivity contribution < 1.29 is 14.3 Å². The number of nitrogens with one attached hydrogen (secondary N) is 3. The van der Waals surface area contributed by atoms with Crippen molar-refractivity contribution in [2.24, 2.45) is 0 Å². The predicted octanol–water partition coefficient (Wildman–Crippen LogP) is 7.84. The van der Waals surface area contributed by atoms with Crippen LogP contribution in [-0.2, 0) is 14.3 Å². The summed E-state index contributed by atoms with van der Waals surface area (Å²) < 4.78 is 6.31. The molecule has 0 spiro atoms. The molecule has 3 N–H and O–H groups in total. The maximum Gasteiger partial charge on any atom is 0.306 e. The first-order valence-corrected chi connectivity index (χ1v) is 13.6. The summed E-state index contributed by atoms with van der Waals surface area (Å²) in [5, 5.41) is 8.09. The fourth-order valence-electron chi connectivity index (χ4n) is 5.00. The van der Waals surface area contributed by atoms with Crippen LogP contribution in [0.4, 0.5) is 5.69 Å². The van der Waals surface area contributed by atoms with E-state index in [9.17, 15) is 9.59 Å². The molecule has 8 heteroatoms. The molecule has 0 aliphatic carbocycles. The number of esters is 1. The third-order valence-electron chi connectivity index (χ3n) is 6.62. The van der Waals surface area contributed by atoms with Crippen molar-refractivity contribution in [1.29, 1.82) is 0 Å². The Kier molecular flexibility index (Phi) is 6.14. The number of anilines is 1. The van der Waals surface area contributed by atoms with Gasteiger partial charge in [0, 0.05) is 50.0 Å². The molecule has 0 aliphatic heterocycles. The largest absolute Gasteiger partial charge is 0.460 e. The Hall–Kier alpha value is -4.17. The summed E-state index contributed by atoms with van der Waals surface area (Å²) in [4.78, 5) is 36.6. The number of carbonyl (C=O) groups is 2. The second kappa shape index (κ2) is 9.54. The minimum absolute atomic E-state index is 0.0285. The number of aromatic nitrogens is 3. The van der Waals surface area contributed by atoms with Crippen LogP contribution in [0.1, 0.15) is 33.6 Å². The van der Waals surface area contributed by atoms with Crippen LogP contribution >= 0.6 is 15.9 Å². The molecule has 7 nitrogen and oxygen atoms in total. The van der Waals surface area contributed by atoms with E-state index in [1.165, 1.54) is 0 Å². The third kappa shape index (κ3) is 4.88. The molecular weight excluding hydrogens is 556 g/mol. The highest BCUT2D eigenvalue weighted by atomic mass is 79.9. The van der Waals surface area contributed by atoms with Gasteiger partial charge in [0.2, 0.25) is 5.91 Å². The van der Waals surface area contributed by atoms with Crippen molar-refractivity contribution in [1.82, 2.24) is 15.0 Å². The first kappa shape index (κ1) is 25.1. The van der Waals surface area contributed by atoms with E-state index in [1.54, 1.807) is 0 Å². The number of aromatic amines is 2. The number of imidazole rings is 1. The number of ether oxygens (including phenoxy) is 1. The van der Waals surface area contributed by atoms with E-state index < -0.39 is 5.60 Å². The van der Waals surface area contributed by atoms with Gasteiger partial charge in [-0.25, -0.2) is 4.98 Å². The number of amides is 1. The number of nitrogens with zero attached hydrogens (tertiary/aromatic N) is 1. The number of H-pyrrole nitrogens is 2. The maximum absolute atomic E-state index is 12.6. The van der Waals surface area contributed by atoms with E-state index in [1.807, 2.05) is 69.4 Å². The predicted molar refractivity (Wildman–Crippen MR) is 160 cm³/mol. The molecule has 0 unspecified atom stereocenters. The van der Waals surface area contributed by atoms with E-state index in [-0.39, 0.29) is 24.7 Å². The molecule has 2 aromatic heterocycles. The molecule has 0 bridgehead atoms. The molecule has 6 aromatic rings. The minimum Gasteiger partial charge on any atom is -0.460 e. The first-order valence-electron chi connectivity index (χ1n) is 12.8. The van der Waals surface area contributed by atoms with E-state index in [4.69, 9.17) is 9.72 Å². The fraction of sp³-hybridized carbons (Fsp3) is 0.194. The number of hydrogen-bond donors (Lipinski definition) is 3. The zero-order chi connectivity index (χ0) is 27.3. The molecule has 196 valence electrons. The van der Waals surface area contributed by atoms with Crippen LogP contribution in [0.15, 0.2) is 71.3 Å². The Morgan fingerprint density at radius 1 is 0.923 bits per heavy atom. The maximum atomic E-state index is 12.6. The Labute approximate surface area is 233 Å². The van der Waals surface area contributed by atoms with Crippen LogP contribution < -0.4 is 5.32 Å². The highest BCUT2D eigenvalue weighted by Gasteiger charge is 2.19. The van der Waals surface area contributed by atoms with Gasteiger partial charge < -0.3 is 20.0 Å². The highest BCUT2D eigenvalue weighted by Crippen LogP contribution is 2.38. The van der Waals surface area contributed by atoms with Crippen molar-refractivity contribution in [2.75, 3.05) is 5.32 Å². The summed E-state index contributed by atoms with van der Waals surface area (Å²) in [6.07, 6.45) is 2.06. The quantitative estimate of drug-likeness (QED) is 0.142. The van der Waals surface area contributed by atoms with Crippen LogP contribution in [0.3, 0.4) is 0 Å². The Bertz CT molecular complexity index is 1910. The van der Waals surface area contributed by atoms with E-state index in [2.05, 4.69) is 49.4 Å². The van der Waals surface area contributed by atoms with Crippen molar-refractivity contribution >= 4 is 77.0 Å². The topological polar surface area (TPSA) is 99.9 Å². The van der Waals surface area contributed by atoms with Gasteiger partial charge in [-0.1, -0.05) is 46.3 Å². The summed E-state index contributed by atoms with van der Waals surface area (Å²) in [5.74, 6) is 0.158. The monoisotopic (exact) mass is 582 g/mol. The lowest BCUT2D eigenvalue weighted by Gasteiger charge is -2.19. The molecule has 0 saturated carbocycles. The molecule has 0 atom stereocenters.